The summed E-state index contributed by atoms with van der Waals surface area (Å²) < 4.78 is 25.5. The summed E-state index contributed by atoms with van der Waals surface area (Å²) in [6, 6.07) is 7.21. The van der Waals surface area contributed by atoms with Gasteiger partial charge in [-0.05, 0) is 57.2 Å². The summed E-state index contributed by atoms with van der Waals surface area (Å²) in [6.07, 6.45) is 4.87. The van der Waals surface area contributed by atoms with Crippen LogP contribution in [0.1, 0.15) is 71.0 Å². The summed E-state index contributed by atoms with van der Waals surface area (Å²) in [5, 5.41) is 2.59. The van der Waals surface area contributed by atoms with E-state index in [9.17, 15) is 9.18 Å². The maximum atomic E-state index is 14.5. The molecule has 1 aliphatic carbocycles. The molecule has 0 heterocycles. The second-order valence-corrected chi connectivity index (χ2v) is 8.07. The lowest BCUT2D eigenvalue weighted by atomic mass is 9.90. The fourth-order valence-corrected chi connectivity index (χ4v) is 3.15. The highest BCUT2D eigenvalue weighted by Gasteiger charge is 2.17. The Morgan fingerprint density at radius 3 is 2.69 bits per heavy atom. The second-order valence-electron chi connectivity index (χ2n) is 8.07. The Hall–Kier alpha value is -1.78. The molecule has 146 valence electrons. The minimum absolute atomic E-state index is 0.200. The van der Waals surface area contributed by atoms with Crippen molar-refractivity contribution in [1.82, 2.24) is 5.32 Å². The maximum Gasteiger partial charge on any atom is 0.407 e. The normalized spacial score (nSPS) is 16.8. The van der Waals surface area contributed by atoms with Gasteiger partial charge in [-0.3, -0.25) is 0 Å². The number of carbonyl (C=O) groups excluding carboxylic acids is 1. The summed E-state index contributed by atoms with van der Waals surface area (Å²) in [5.74, 6) is 1.34. The van der Waals surface area contributed by atoms with Crippen LogP contribution in [0.5, 0.6) is 5.75 Å². The minimum atomic E-state index is -1.15. The molecule has 1 amide bonds. The Morgan fingerprint density at radius 1 is 1.27 bits per heavy atom. The zero-order valence-corrected chi connectivity index (χ0v) is 16.2. The van der Waals surface area contributed by atoms with Crippen molar-refractivity contribution in [2.24, 2.45) is 5.92 Å². The SMILES string of the molecule is CC(C)(C)OC(=O)NCCC(F)c1cccc(OCC2CCCCC2)c1. The quantitative estimate of drug-likeness (QED) is 0.687. The Balaban J connectivity index is 1.76. The lowest BCUT2D eigenvalue weighted by Gasteiger charge is -2.22. The number of amides is 1. The number of alkyl carbamates (subject to hydrolysis) is 1. The Morgan fingerprint density at radius 2 is 2.00 bits per heavy atom. The summed E-state index contributed by atoms with van der Waals surface area (Å²) in [4.78, 5) is 11.6. The summed E-state index contributed by atoms with van der Waals surface area (Å²) >= 11 is 0. The van der Waals surface area contributed by atoms with Gasteiger partial charge in [0.25, 0.3) is 0 Å². The number of alkyl halides is 1. The van der Waals surface area contributed by atoms with Crippen LogP contribution < -0.4 is 10.1 Å². The molecule has 1 atom stereocenters. The highest BCUT2D eigenvalue weighted by atomic mass is 19.1. The maximum absolute atomic E-state index is 14.5. The van der Waals surface area contributed by atoms with Crippen molar-refractivity contribution in [3.05, 3.63) is 29.8 Å². The van der Waals surface area contributed by atoms with E-state index in [0.29, 0.717) is 18.1 Å². The zero-order valence-electron chi connectivity index (χ0n) is 16.2. The fourth-order valence-electron chi connectivity index (χ4n) is 3.15. The van der Waals surface area contributed by atoms with Crippen LogP contribution in [0, 0.1) is 5.92 Å². The fraction of sp³-hybridized carbons (Fsp3) is 0.667. The van der Waals surface area contributed by atoms with Crippen LogP contribution in [0.15, 0.2) is 24.3 Å². The number of hydrogen-bond donors (Lipinski definition) is 1. The molecule has 2 rings (SSSR count). The number of halogens is 1. The lowest BCUT2D eigenvalue weighted by Crippen LogP contribution is -2.33. The van der Waals surface area contributed by atoms with Gasteiger partial charge in [-0.1, -0.05) is 31.4 Å². The van der Waals surface area contributed by atoms with Crippen LogP contribution in [0.3, 0.4) is 0 Å². The second kappa shape index (κ2) is 9.79. The summed E-state index contributed by atoms with van der Waals surface area (Å²) in [7, 11) is 0. The molecule has 1 N–H and O–H groups in total. The smallest absolute Gasteiger partial charge is 0.407 e. The van der Waals surface area contributed by atoms with Crippen LogP contribution >= 0.6 is 0 Å². The Kier molecular flexibility index (Phi) is 7.73. The van der Waals surface area contributed by atoms with E-state index in [0.717, 1.165) is 5.75 Å². The van der Waals surface area contributed by atoms with E-state index in [4.69, 9.17) is 9.47 Å². The lowest BCUT2D eigenvalue weighted by molar-refractivity contribution is 0.0524. The first kappa shape index (κ1) is 20.5. The van der Waals surface area contributed by atoms with Gasteiger partial charge in [-0.2, -0.15) is 0 Å². The van der Waals surface area contributed by atoms with Crippen molar-refractivity contribution in [3.8, 4) is 5.75 Å². The van der Waals surface area contributed by atoms with Gasteiger partial charge in [0.15, 0.2) is 0 Å². The summed E-state index contributed by atoms with van der Waals surface area (Å²) in [6.45, 7) is 6.32. The molecule has 4 nitrogen and oxygen atoms in total. The van der Waals surface area contributed by atoms with Crippen molar-refractivity contribution < 1.29 is 18.7 Å². The van der Waals surface area contributed by atoms with Crippen molar-refractivity contribution >= 4 is 6.09 Å². The van der Waals surface area contributed by atoms with Crippen LogP contribution in [0.25, 0.3) is 0 Å². The van der Waals surface area contributed by atoms with Gasteiger partial charge in [0, 0.05) is 13.0 Å². The molecule has 0 aromatic heterocycles. The van der Waals surface area contributed by atoms with Crippen LogP contribution in [0.4, 0.5) is 9.18 Å². The van der Waals surface area contributed by atoms with Gasteiger partial charge in [0.2, 0.25) is 0 Å². The first-order valence-electron chi connectivity index (χ1n) is 9.67. The molecule has 0 radical (unpaired) electrons. The number of nitrogens with one attached hydrogen (secondary N) is 1. The zero-order chi connectivity index (χ0) is 19.0. The van der Waals surface area contributed by atoms with Crippen LogP contribution in [0.2, 0.25) is 0 Å². The van der Waals surface area contributed by atoms with E-state index in [-0.39, 0.29) is 13.0 Å². The predicted molar refractivity (Wildman–Crippen MR) is 101 cm³/mol. The van der Waals surface area contributed by atoms with Crippen molar-refractivity contribution in [2.45, 2.75) is 71.1 Å². The third-order valence-corrected chi connectivity index (χ3v) is 4.50. The predicted octanol–water partition coefficient (Wildman–Crippen LogP) is 5.57. The van der Waals surface area contributed by atoms with E-state index in [2.05, 4.69) is 5.32 Å². The topological polar surface area (TPSA) is 47.6 Å². The Labute approximate surface area is 156 Å². The largest absolute Gasteiger partial charge is 0.493 e. The van der Waals surface area contributed by atoms with Crippen molar-refractivity contribution in [3.63, 3.8) is 0 Å². The average Bonchev–Trinajstić information content (AvgIpc) is 2.59. The van der Waals surface area contributed by atoms with Crippen molar-refractivity contribution in [2.75, 3.05) is 13.2 Å². The molecule has 1 saturated carbocycles. The van der Waals surface area contributed by atoms with Gasteiger partial charge >= 0.3 is 6.09 Å². The number of rotatable bonds is 7. The van der Waals surface area contributed by atoms with E-state index < -0.39 is 17.9 Å². The highest BCUT2D eigenvalue weighted by molar-refractivity contribution is 5.67. The third kappa shape index (κ3) is 7.63. The minimum Gasteiger partial charge on any atom is -0.493 e. The first-order valence-corrected chi connectivity index (χ1v) is 9.67. The van der Waals surface area contributed by atoms with Gasteiger partial charge in [0.05, 0.1) is 6.61 Å². The molecule has 1 aliphatic rings. The highest BCUT2D eigenvalue weighted by Crippen LogP contribution is 2.27. The average molecular weight is 365 g/mol. The van der Waals surface area contributed by atoms with Gasteiger partial charge in [0.1, 0.15) is 17.5 Å². The van der Waals surface area contributed by atoms with Gasteiger partial charge in [-0.15, -0.1) is 0 Å². The molecule has 0 bridgehead atoms. The van der Waals surface area contributed by atoms with Gasteiger partial charge in [-0.25, -0.2) is 9.18 Å². The number of carbonyl (C=O) groups is 1. The third-order valence-electron chi connectivity index (χ3n) is 4.50. The van der Waals surface area contributed by atoms with Gasteiger partial charge < -0.3 is 14.8 Å². The van der Waals surface area contributed by atoms with Crippen molar-refractivity contribution in [1.29, 1.82) is 0 Å². The van der Waals surface area contributed by atoms with Crippen LogP contribution in [-0.4, -0.2) is 24.8 Å². The van der Waals surface area contributed by atoms with E-state index in [1.165, 1.54) is 32.1 Å². The molecular formula is C21H32FNO3. The number of hydrogen-bond acceptors (Lipinski definition) is 3. The molecule has 0 aliphatic heterocycles. The standard InChI is InChI=1S/C21H32FNO3/c1-21(2,3)26-20(24)23-13-12-19(22)17-10-7-11-18(14-17)25-15-16-8-5-4-6-9-16/h7,10-11,14,16,19H,4-6,8-9,12-13,15H2,1-3H3,(H,23,24). The molecule has 0 saturated heterocycles. The molecule has 1 unspecified atom stereocenters. The molecule has 5 heteroatoms. The van der Waals surface area contributed by atoms with E-state index in [1.54, 1.807) is 32.9 Å². The molecule has 1 aromatic rings. The molecule has 0 spiro atoms. The van der Waals surface area contributed by atoms with Crippen LogP contribution in [-0.2, 0) is 4.74 Å². The monoisotopic (exact) mass is 365 g/mol. The van der Waals surface area contributed by atoms with E-state index >= 15 is 0 Å². The summed E-state index contributed by atoms with van der Waals surface area (Å²) in [5.41, 5.74) is 0.0283. The molecule has 1 aromatic carbocycles. The molecular weight excluding hydrogens is 333 g/mol. The number of benzene rings is 1. The van der Waals surface area contributed by atoms with E-state index in [1.807, 2.05) is 12.1 Å². The first-order chi connectivity index (χ1) is 12.3. The Bertz CT molecular complexity index is 565. The molecule has 26 heavy (non-hydrogen) atoms. The molecule has 1 fully saturated rings. The number of ether oxygens (including phenoxy) is 2.